The molecule has 1 saturated heterocycles. The van der Waals surface area contributed by atoms with Gasteiger partial charge in [-0.15, -0.1) is 0 Å². The molecule has 0 unspecified atom stereocenters. The van der Waals surface area contributed by atoms with Crippen molar-refractivity contribution in [3.8, 4) is 0 Å². The molecule has 1 fully saturated rings. The first-order chi connectivity index (χ1) is 14.6. The first-order valence-corrected chi connectivity index (χ1v) is 9.71. The first-order valence-electron chi connectivity index (χ1n) is 9.71. The summed E-state index contributed by atoms with van der Waals surface area (Å²) in [6.45, 7) is 3.85. The Labute approximate surface area is 176 Å². The topological polar surface area (TPSA) is 105 Å². The van der Waals surface area contributed by atoms with Crippen molar-refractivity contribution in [2.45, 2.75) is 51.1 Å². The fraction of sp³-hybridized carbons (Fsp3) is 0.450. The first kappa shape index (κ1) is 22.6. The van der Waals surface area contributed by atoms with Crippen molar-refractivity contribution in [3.05, 3.63) is 47.2 Å². The molecule has 2 heterocycles. The van der Waals surface area contributed by atoms with E-state index in [0.717, 1.165) is 6.07 Å². The molecule has 3 rings (SSSR count). The van der Waals surface area contributed by atoms with Gasteiger partial charge in [0.15, 0.2) is 5.82 Å². The molecule has 11 heteroatoms. The molecule has 1 aromatic carbocycles. The Bertz CT molecular complexity index is 929. The molecule has 168 valence electrons. The lowest BCUT2D eigenvalue weighted by molar-refractivity contribution is -0.138. The molecule has 0 aliphatic carbocycles. The third kappa shape index (κ3) is 6.20. The molecule has 2 aromatic rings. The van der Waals surface area contributed by atoms with E-state index < -0.39 is 42.4 Å². The Kier molecular flexibility index (Phi) is 6.84. The zero-order chi connectivity index (χ0) is 22.6. The summed E-state index contributed by atoms with van der Waals surface area (Å²) in [7, 11) is 0. The average molecular weight is 440 g/mol. The smallest absolute Gasteiger partial charge is 0.416 e. The van der Waals surface area contributed by atoms with Gasteiger partial charge in [-0.3, -0.25) is 9.89 Å². The van der Waals surface area contributed by atoms with Crippen LogP contribution in [0.3, 0.4) is 0 Å². The third-order valence-electron chi connectivity index (χ3n) is 4.53. The normalized spacial score (nSPS) is 18.8. The van der Waals surface area contributed by atoms with E-state index in [0.29, 0.717) is 12.1 Å². The van der Waals surface area contributed by atoms with Crippen LogP contribution in [0, 0.1) is 0 Å². The van der Waals surface area contributed by atoms with E-state index in [1.54, 1.807) is 0 Å². The second-order valence-electron chi connectivity index (χ2n) is 7.47. The summed E-state index contributed by atoms with van der Waals surface area (Å²) in [6.07, 6.45) is -5.95. The number of carbonyl (C=O) groups is 2. The van der Waals surface area contributed by atoms with Gasteiger partial charge in [0.25, 0.3) is 0 Å². The standard InChI is InChI=1S/C20H23F3N4O4/c1-11(2)24-19(29)31-13-8-16(30-10-13)15-9-17(27-26-15)25-18(28)7-12-5-3-4-6-14(12)20(21,22)23/h3-6,9,11,13,16H,7-8,10H2,1-2H3,(H,24,29)(H2,25,26,27,28)/t13-,16-/m1/s1. The summed E-state index contributed by atoms with van der Waals surface area (Å²) in [6, 6.07) is 6.41. The molecule has 1 aliphatic heterocycles. The summed E-state index contributed by atoms with van der Waals surface area (Å²) in [5.41, 5.74) is -0.414. The van der Waals surface area contributed by atoms with Crippen molar-refractivity contribution in [2.24, 2.45) is 0 Å². The molecule has 2 amide bonds. The van der Waals surface area contributed by atoms with Gasteiger partial charge in [-0.1, -0.05) is 18.2 Å². The van der Waals surface area contributed by atoms with Crippen molar-refractivity contribution in [3.63, 3.8) is 0 Å². The van der Waals surface area contributed by atoms with Crippen LogP contribution in [0.2, 0.25) is 0 Å². The quantitative estimate of drug-likeness (QED) is 0.637. The minimum absolute atomic E-state index is 0.0486. The molecule has 0 spiro atoms. The molecule has 1 aliphatic rings. The number of H-pyrrole nitrogens is 1. The van der Waals surface area contributed by atoms with Gasteiger partial charge in [-0.25, -0.2) is 4.79 Å². The van der Waals surface area contributed by atoms with E-state index in [4.69, 9.17) is 9.47 Å². The maximum Gasteiger partial charge on any atom is 0.416 e. The van der Waals surface area contributed by atoms with Gasteiger partial charge in [0.2, 0.25) is 5.91 Å². The van der Waals surface area contributed by atoms with Crippen LogP contribution >= 0.6 is 0 Å². The summed E-state index contributed by atoms with van der Waals surface area (Å²) in [5, 5.41) is 11.8. The third-order valence-corrected chi connectivity index (χ3v) is 4.53. The largest absolute Gasteiger partial charge is 0.444 e. The fourth-order valence-corrected chi connectivity index (χ4v) is 3.19. The number of aromatic amines is 1. The van der Waals surface area contributed by atoms with Crippen LogP contribution < -0.4 is 10.6 Å². The van der Waals surface area contributed by atoms with Gasteiger partial charge in [0, 0.05) is 18.5 Å². The van der Waals surface area contributed by atoms with Crippen LogP contribution in [-0.4, -0.2) is 41.0 Å². The van der Waals surface area contributed by atoms with E-state index in [-0.39, 0.29) is 24.0 Å². The lowest BCUT2D eigenvalue weighted by Crippen LogP contribution is -2.33. The predicted octanol–water partition coefficient (Wildman–Crippen LogP) is 3.57. The highest BCUT2D eigenvalue weighted by molar-refractivity contribution is 5.91. The maximum atomic E-state index is 13.1. The van der Waals surface area contributed by atoms with Gasteiger partial charge in [-0.2, -0.15) is 18.3 Å². The Morgan fingerprint density at radius 1 is 1.32 bits per heavy atom. The van der Waals surface area contributed by atoms with E-state index in [1.807, 2.05) is 13.8 Å². The second-order valence-corrected chi connectivity index (χ2v) is 7.47. The second kappa shape index (κ2) is 9.38. The number of halogens is 3. The Morgan fingerprint density at radius 2 is 2.06 bits per heavy atom. The van der Waals surface area contributed by atoms with Gasteiger partial charge >= 0.3 is 12.3 Å². The number of hydrogen-bond acceptors (Lipinski definition) is 5. The summed E-state index contributed by atoms with van der Waals surface area (Å²) in [4.78, 5) is 23.9. The van der Waals surface area contributed by atoms with Crippen molar-refractivity contribution in [2.75, 3.05) is 11.9 Å². The van der Waals surface area contributed by atoms with E-state index >= 15 is 0 Å². The van der Waals surface area contributed by atoms with Crippen molar-refractivity contribution in [1.82, 2.24) is 15.5 Å². The lowest BCUT2D eigenvalue weighted by atomic mass is 10.0. The van der Waals surface area contributed by atoms with E-state index in [9.17, 15) is 22.8 Å². The monoisotopic (exact) mass is 440 g/mol. The van der Waals surface area contributed by atoms with E-state index in [2.05, 4.69) is 20.8 Å². The molecule has 3 N–H and O–H groups in total. The Hall–Kier alpha value is -3.08. The van der Waals surface area contributed by atoms with Crippen LogP contribution in [0.4, 0.5) is 23.8 Å². The summed E-state index contributed by atoms with van der Waals surface area (Å²) < 4.78 is 50.1. The number of amides is 2. The molecule has 0 saturated carbocycles. The number of carbonyl (C=O) groups excluding carboxylic acids is 2. The molecule has 2 atom stereocenters. The average Bonchev–Trinajstić information content (AvgIpc) is 3.30. The molecule has 31 heavy (non-hydrogen) atoms. The minimum Gasteiger partial charge on any atom is -0.444 e. The SMILES string of the molecule is CC(C)NC(=O)O[C@H]1CO[C@@H](c2cc(NC(=O)Cc3ccccc3C(F)(F)F)n[nH]2)C1. The summed E-state index contributed by atoms with van der Waals surface area (Å²) >= 11 is 0. The van der Waals surface area contributed by atoms with Crippen LogP contribution in [0.5, 0.6) is 0 Å². The zero-order valence-corrected chi connectivity index (χ0v) is 17.0. The number of ether oxygens (including phenoxy) is 2. The Balaban J connectivity index is 1.55. The van der Waals surface area contributed by atoms with Crippen LogP contribution in [0.15, 0.2) is 30.3 Å². The molecule has 8 nitrogen and oxygen atoms in total. The molecular formula is C20H23F3N4O4. The zero-order valence-electron chi connectivity index (χ0n) is 17.0. The Morgan fingerprint density at radius 3 is 2.77 bits per heavy atom. The van der Waals surface area contributed by atoms with Gasteiger partial charge in [0.1, 0.15) is 12.2 Å². The molecule has 0 radical (unpaired) electrons. The predicted molar refractivity (Wildman–Crippen MR) is 104 cm³/mol. The van der Waals surface area contributed by atoms with Gasteiger partial charge < -0.3 is 20.1 Å². The number of alkyl carbamates (subject to hydrolysis) is 1. The van der Waals surface area contributed by atoms with Crippen molar-refractivity contribution >= 4 is 17.8 Å². The highest BCUT2D eigenvalue weighted by atomic mass is 19.4. The molecule has 1 aromatic heterocycles. The van der Waals surface area contributed by atoms with Gasteiger partial charge in [0.05, 0.1) is 24.3 Å². The number of anilines is 1. The number of nitrogens with one attached hydrogen (secondary N) is 3. The maximum absolute atomic E-state index is 13.1. The summed E-state index contributed by atoms with van der Waals surface area (Å²) in [5.74, 6) is -0.469. The van der Waals surface area contributed by atoms with Crippen molar-refractivity contribution < 1.29 is 32.2 Å². The number of benzene rings is 1. The highest BCUT2D eigenvalue weighted by Crippen LogP contribution is 2.32. The minimum atomic E-state index is -4.54. The number of alkyl halides is 3. The number of aromatic nitrogens is 2. The van der Waals surface area contributed by atoms with Crippen LogP contribution in [0.1, 0.15) is 43.2 Å². The molecular weight excluding hydrogens is 417 g/mol. The van der Waals surface area contributed by atoms with Crippen LogP contribution in [-0.2, 0) is 26.9 Å². The number of hydrogen-bond donors (Lipinski definition) is 3. The van der Waals surface area contributed by atoms with Gasteiger partial charge in [-0.05, 0) is 25.5 Å². The number of rotatable bonds is 6. The van der Waals surface area contributed by atoms with E-state index in [1.165, 1.54) is 24.3 Å². The lowest BCUT2D eigenvalue weighted by Gasteiger charge is -2.13. The molecule has 0 bridgehead atoms. The van der Waals surface area contributed by atoms with Crippen LogP contribution in [0.25, 0.3) is 0 Å². The number of nitrogens with zero attached hydrogens (tertiary/aromatic N) is 1. The fourth-order valence-electron chi connectivity index (χ4n) is 3.19. The van der Waals surface area contributed by atoms with Crippen molar-refractivity contribution in [1.29, 1.82) is 0 Å². The highest BCUT2D eigenvalue weighted by Gasteiger charge is 2.33.